The summed E-state index contributed by atoms with van der Waals surface area (Å²) in [6.07, 6.45) is 0. The number of rotatable bonds is 8. The Hall–Kier alpha value is -3.20. The summed E-state index contributed by atoms with van der Waals surface area (Å²) in [6, 6.07) is 20.7. The third-order valence-corrected chi connectivity index (χ3v) is 7.49. The van der Waals surface area contributed by atoms with Crippen molar-refractivity contribution in [3.8, 4) is 33.3 Å². The largest absolute Gasteiger partial charge is 0.497 e. The highest BCUT2D eigenvalue weighted by Crippen LogP contribution is 2.30. The van der Waals surface area contributed by atoms with Gasteiger partial charge in [0.2, 0.25) is 10.0 Å². The van der Waals surface area contributed by atoms with E-state index in [1.54, 1.807) is 23.5 Å². The zero-order chi connectivity index (χ0) is 23.4. The number of thiazole rings is 1. The highest BCUT2D eigenvalue weighted by molar-refractivity contribution is 7.89. The van der Waals surface area contributed by atoms with Gasteiger partial charge >= 0.3 is 0 Å². The van der Waals surface area contributed by atoms with Gasteiger partial charge in [-0.05, 0) is 24.6 Å². The molecule has 33 heavy (non-hydrogen) atoms. The number of aryl methyl sites for hydroxylation is 1. The van der Waals surface area contributed by atoms with Gasteiger partial charge in [-0.3, -0.25) is 0 Å². The highest BCUT2D eigenvalue weighted by Gasteiger charge is 2.20. The molecule has 0 atom stereocenters. The lowest BCUT2D eigenvalue weighted by molar-refractivity contribution is 0.392. The van der Waals surface area contributed by atoms with Gasteiger partial charge in [0, 0.05) is 29.1 Å². The van der Waals surface area contributed by atoms with Crippen molar-refractivity contribution in [3.05, 3.63) is 83.2 Å². The van der Waals surface area contributed by atoms with E-state index in [1.807, 2.05) is 29.6 Å². The first-order valence-corrected chi connectivity index (χ1v) is 12.6. The first-order chi connectivity index (χ1) is 15.9. The van der Waals surface area contributed by atoms with Gasteiger partial charge in [-0.15, -0.1) is 11.3 Å². The molecule has 0 amide bonds. The highest BCUT2D eigenvalue weighted by atomic mass is 32.2. The second-order valence-electron chi connectivity index (χ2n) is 7.44. The lowest BCUT2D eigenvalue weighted by atomic mass is 10.1. The van der Waals surface area contributed by atoms with Crippen molar-refractivity contribution < 1.29 is 17.9 Å². The average molecular weight is 481 g/mol. The molecule has 0 spiro atoms. The van der Waals surface area contributed by atoms with Gasteiger partial charge in [0.15, 0.2) is 0 Å². The van der Waals surface area contributed by atoms with Crippen LogP contribution in [0, 0.1) is 6.92 Å². The summed E-state index contributed by atoms with van der Waals surface area (Å²) in [5.74, 6) is 0.695. The minimum atomic E-state index is -3.79. The first-order valence-electron chi connectivity index (χ1n) is 10.2. The van der Waals surface area contributed by atoms with E-state index in [0.29, 0.717) is 5.75 Å². The van der Waals surface area contributed by atoms with Crippen molar-refractivity contribution in [1.82, 2.24) is 9.71 Å². The summed E-state index contributed by atoms with van der Waals surface area (Å²) < 4.78 is 38.7. The molecule has 0 unspecified atom stereocenters. The van der Waals surface area contributed by atoms with Crippen LogP contribution in [0.4, 0.5) is 0 Å². The molecular weight excluding hydrogens is 456 g/mol. The zero-order valence-corrected chi connectivity index (χ0v) is 20.2. The summed E-state index contributed by atoms with van der Waals surface area (Å²) >= 11 is 1.58. The van der Waals surface area contributed by atoms with Crippen LogP contribution in [0.1, 0.15) is 11.1 Å². The van der Waals surface area contributed by atoms with Crippen LogP contribution in [0.3, 0.4) is 0 Å². The maximum atomic E-state index is 12.8. The number of methoxy groups -OCH3 is 2. The SMILES string of the molecule is COc1ccc(OC)c(S(=O)(=O)NCc2ccc(-c3nc(-c4ccc(C)cc4)cs3)cc2)c1. The van der Waals surface area contributed by atoms with E-state index in [1.165, 1.54) is 25.8 Å². The predicted molar refractivity (Wildman–Crippen MR) is 131 cm³/mol. The lowest BCUT2D eigenvalue weighted by Gasteiger charge is -2.12. The van der Waals surface area contributed by atoms with E-state index in [-0.39, 0.29) is 17.2 Å². The van der Waals surface area contributed by atoms with Gasteiger partial charge in [-0.1, -0.05) is 54.1 Å². The topological polar surface area (TPSA) is 77.5 Å². The van der Waals surface area contributed by atoms with Gasteiger partial charge in [0.05, 0.1) is 19.9 Å². The Kier molecular flexibility index (Phi) is 6.78. The van der Waals surface area contributed by atoms with E-state index in [4.69, 9.17) is 14.5 Å². The first kappa shape index (κ1) is 23.0. The molecule has 0 bridgehead atoms. The van der Waals surface area contributed by atoms with Crippen molar-refractivity contribution in [2.45, 2.75) is 18.4 Å². The number of hydrogen-bond donors (Lipinski definition) is 1. The summed E-state index contributed by atoms with van der Waals surface area (Å²) in [5.41, 5.74) is 5.06. The molecule has 0 saturated carbocycles. The van der Waals surface area contributed by atoms with E-state index < -0.39 is 10.0 Å². The third-order valence-electron chi connectivity index (χ3n) is 5.18. The Labute approximate surface area is 197 Å². The van der Waals surface area contributed by atoms with Crippen molar-refractivity contribution in [3.63, 3.8) is 0 Å². The van der Waals surface area contributed by atoms with Crippen LogP contribution in [-0.2, 0) is 16.6 Å². The summed E-state index contributed by atoms with van der Waals surface area (Å²) in [4.78, 5) is 4.79. The Bertz CT molecular complexity index is 1350. The van der Waals surface area contributed by atoms with E-state index in [2.05, 4.69) is 35.9 Å². The number of nitrogens with zero attached hydrogens (tertiary/aromatic N) is 1. The normalized spacial score (nSPS) is 11.4. The number of benzene rings is 3. The molecule has 0 aliphatic carbocycles. The molecule has 4 aromatic rings. The number of aromatic nitrogens is 1. The minimum absolute atomic E-state index is 0.0346. The molecule has 1 N–H and O–H groups in total. The van der Waals surface area contributed by atoms with Gasteiger partial charge in [-0.25, -0.2) is 18.1 Å². The van der Waals surface area contributed by atoms with Crippen LogP contribution in [0.2, 0.25) is 0 Å². The van der Waals surface area contributed by atoms with E-state index in [0.717, 1.165) is 27.4 Å². The fraction of sp³-hybridized carbons (Fsp3) is 0.160. The Balaban J connectivity index is 1.47. The molecule has 0 saturated heterocycles. The Morgan fingerprint density at radius 3 is 2.27 bits per heavy atom. The van der Waals surface area contributed by atoms with Gasteiger partial charge in [-0.2, -0.15) is 0 Å². The zero-order valence-electron chi connectivity index (χ0n) is 18.5. The monoisotopic (exact) mass is 480 g/mol. The number of sulfonamides is 1. The fourth-order valence-electron chi connectivity index (χ4n) is 3.28. The maximum Gasteiger partial charge on any atom is 0.244 e. The standard InChI is InChI=1S/C25H24N2O4S2/c1-17-4-8-19(9-5-17)22-16-32-25(27-22)20-10-6-18(7-11-20)15-26-33(28,29)24-14-21(30-2)12-13-23(24)31-3/h4-14,16,26H,15H2,1-3H3. The Morgan fingerprint density at radius 1 is 0.909 bits per heavy atom. The molecule has 170 valence electrons. The van der Waals surface area contributed by atoms with Crippen LogP contribution in [0.5, 0.6) is 11.5 Å². The minimum Gasteiger partial charge on any atom is -0.497 e. The molecule has 1 aromatic heterocycles. The van der Waals surface area contributed by atoms with Crippen LogP contribution in [0.15, 0.2) is 77.0 Å². The van der Waals surface area contributed by atoms with Crippen LogP contribution in [-0.4, -0.2) is 27.6 Å². The van der Waals surface area contributed by atoms with Crippen LogP contribution in [0.25, 0.3) is 21.8 Å². The van der Waals surface area contributed by atoms with Crippen molar-refractivity contribution >= 4 is 21.4 Å². The van der Waals surface area contributed by atoms with Crippen LogP contribution >= 0.6 is 11.3 Å². The fourth-order valence-corrected chi connectivity index (χ4v) is 5.31. The molecule has 0 fully saturated rings. The molecule has 0 aliphatic rings. The lowest BCUT2D eigenvalue weighted by Crippen LogP contribution is -2.23. The Morgan fingerprint density at radius 2 is 1.61 bits per heavy atom. The second-order valence-corrected chi connectivity index (χ2v) is 10.0. The van der Waals surface area contributed by atoms with E-state index in [9.17, 15) is 8.42 Å². The molecule has 6 nitrogen and oxygen atoms in total. The van der Waals surface area contributed by atoms with Gasteiger partial charge < -0.3 is 9.47 Å². The smallest absolute Gasteiger partial charge is 0.244 e. The molecular formula is C25H24N2O4S2. The summed E-state index contributed by atoms with van der Waals surface area (Å²) in [7, 11) is -0.873. The molecule has 4 rings (SSSR count). The number of ether oxygens (including phenoxy) is 2. The molecule has 8 heteroatoms. The summed E-state index contributed by atoms with van der Waals surface area (Å²) in [5, 5.41) is 2.96. The number of hydrogen-bond acceptors (Lipinski definition) is 6. The van der Waals surface area contributed by atoms with Gasteiger partial charge in [0.25, 0.3) is 0 Å². The molecule has 0 aliphatic heterocycles. The van der Waals surface area contributed by atoms with Crippen molar-refractivity contribution in [1.29, 1.82) is 0 Å². The molecule has 3 aromatic carbocycles. The van der Waals surface area contributed by atoms with Gasteiger partial charge in [0.1, 0.15) is 21.4 Å². The number of nitrogens with one attached hydrogen (secondary N) is 1. The maximum absolute atomic E-state index is 12.8. The summed E-state index contributed by atoms with van der Waals surface area (Å²) in [6.45, 7) is 2.21. The average Bonchev–Trinajstić information content (AvgIpc) is 3.33. The quantitative estimate of drug-likeness (QED) is 0.371. The third kappa shape index (κ3) is 5.24. The molecule has 0 radical (unpaired) electrons. The van der Waals surface area contributed by atoms with Crippen molar-refractivity contribution in [2.24, 2.45) is 0 Å². The molecule has 1 heterocycles. The van der Waals surface area contributed by atoms with Crippen LogP contribution < -0.4 is 14.2 Å². The van der Waals surface area contributed by atoms with Crippen molar-refractivity contribution in [2.75, 3.05) is 14.2 Å². The predicted octanol–water partition coefficient (Wildman–Crippen LogP) is 5.28. The van der Waals surface area contributed by atoms with E-state index >= 15 is 0 Å². The second kappa shape index (κ2) is 9.74.